The lowest BCUT2D eigenvalue weighted by atomic mass is 10.1. The van der Waals surface area contributed by atoms with Crippen LogP contribution in [0.3, 0.4) is 0 Å². The molecule has 21 heavy (non-hydrogen) atoms. The fraction of sp³-hybridized carbons (Fsp3) is 0.0625. The van der Waals surface area contributed by atoms with Gasteiger partial charge in [0.05, 0.1) is 10.0 Å². The second-order valence-corrected chi connectivity index (χ2v) is 5.19. The molecule has 3 nitrogen and oxygen atoms in total. The topological polar surface area (TPSA) is 35.5 Å². The first-order chi connectivity index (χ1) is 10.1. The molecule has 0 aromatic heterocycles. The quantitative estimate of drug-likeness (QED) is 0.611. The number of carbonyl (C=O) groups is 1. The molecule has 0 radical (unpaired) electrons. The van der Waals surface area contributed by atoms with Gasteiger partial charge in [0, 0.05) is 5.56 Å². The summed E-state index contributed by atoms with van der Waals surface area (Å²) in [7, 11) is 0. The van der Waals surface area contributed by atoms with Crippen molar-refractivity contribution in [1.82, 2.24) is 0 Å². The molecular weight excluding hydrogens is 311 g/mol. The number of carbonyl (C=O) groups excluding carboxylic acids is 1. The lowest BCUT2D eigenvalue weighted by molar-refractivity contribution is 0.104. The summed E-state index contributed by atoms with van der Waals surface area (Å²) in [5.74, 6) is 1.08. The van der Waals surface area contributed by atoms with E-state index in [1.165, 1.54) is 6.08 Å². The smallest absolute Gasteiger partial charge is 0.231 e. The summed E-state index contributed by atoms with van der Waals surface area (Å²) in [6.07, 6.45) is 3.09. The molecule has 0 atom stereocenters. The highest BCUT2D eigenvalue weighted by Crippen LogP contribution is 2.33. The number of hydrogen-bond donors (Lipinski definition) is 0. The summed E-state index contributed by atoms with van der Waals surface area (Å²) in [6.45, 7) is 0.181. The van der Waals surface area contributed by atoms with E-state index in [9.17, 15) is 4.79 Å². The maximum Gasteiger partial charge on any atom is 0.231 e. The Morgan fingerprint density at radius 3 is 2.76 bits per heavy atom. The van der Waals surface area contributed by atoms with Crippen molar-refractivity contribution in [2.75, 3.05) is 6.79 Å². The average molecular weight is 321 g/mol. The summed E-state index contributed by atoms with van der Waals surface area (Å²) in [4.78, 5) is 12.2. The third-order valence-electron chi connectivity index (χ3n) is 3.05. The van der Waals surface area contributed by atoms with E-state index in [0.717, 1.165) is 0 Å². The predicted molar refractivity (Wildman–Crippen MR) is 82.4 cm³/mol. The van der Waals surface area contributed by atoms with Crippen molar-refractivity contribution in [1.29, 1.82) is 0 Å². The van der Waals surface area contributed by atoms with Gasteiger partial charge in [0.2, 0.25) is 6.79 Å². The first-order valence-electron chi connectivity index (χ1n) is 6.21. The van der Waals surface area contributed by atoms with Crippen LogP contribution in [0.2, 0.25) is 10.0 Å². The third kappa shape index (κ3) is 2.89. The largest absolute Gasteiger partial charge is 0.454 e. The minimum Gasteiger partial charge on any atom is -0.454 e. The average Bonchev–Trinajstić information content (AvgIpc) is 2.96. The van der Waals surface area contributed by atoms with Crippen LogP contribution in [0.1, 0.15) is 15.9 Å². The van der Waals surface area contributed by atoms with Gasteiger partial charge in [0.15, 0.2) is 17.3 Å². The van der Waals surface area contributed by atoms with Crippen LogP contribution in [0.25, 0.3) is 6.08 Å². The normalized spacial score (nSPS) is 12.9. The lowest BCUT2D eigenvalue weighted by Gasteiger charge is -2.01. The zero-order chi connectivity index (χ0) is 14.8. The molecular formula is C16H10Cl2O3. The number of rotatable bonds is 3. The molecule has 3 rings (SSSR count). The van der Waals surface area contributed by atoms with Gasteiger partial charge in [-0.15, -0.1) is 0 Å². The molecule has 0 aliphatic carbocycles. The molecule has 1 aliphatic rings. The van der Waals surface area contributed by atoms with E-state index in [2.05, 4.69) is 0 Å². The van der Waals surface area contributed by atoms with E-state index >= 15 is 0 Å². The van der Waals surface area contributed by atoms with Gasteiger partial charge in [-0.1, -0.05) is 35.3 Å². The van der Waals surface area contributed by atoms with Crippen LogP contribution in [0.15, 0.2) is 42.5 Å². The lowest BCUT2D eigenvalue weighted by Crippen LogP contribution is -1.94. The number of fused-ring (bicyclic) bond motifs is 1. The Balaban J connectivity index is 1.83. The Hall–Kier alpha value is -1.97. The maximum atomic E-state index is 12.2. The maximum absolute atomic E-state index is 12.2. The zero-order valence-corrected chi connectivity index (χ0v) is 12.3. The molecule has 0 saturated heterocycles. The highest BCUT2D eigenvalue weighted by atomic mass is 35.5. The van der Waals surface area contributed by atoms with Gasteiger partial charge in [0.1, 0.15) is 0 Å². The minimum atomic E-state index is -0.149. The number of ether oxygens (including phenoxy) is 2. The van der Waals surface area contributed by atoms with Crippen molar-refractivity contribution < 1.29 is 14.3 Å². The first kappa shape index (κ1) is 14.0. The fourth-order valence-electron chi connectivity index (χ4n) is 1.96. The third-order valence-corrected chi connectivity index (χ3v) is 3.89. The first-order valence-corrected chi connectivity index (χ1v) is 6.97. The minimum absolute atomic E-state index is 0.149. The van der Waals surface area contributed by atoms with Gasteiger partial charge < -0.3 is 9.47 Å². The van der Waals surface area contributed by atoms with Gasteiger partial charge in [-0.3, -0.25) is 4.79 Å². The Labute approximate surface area is 131 Å². The van der Waals surface area contributed by atoms with Gasteiger partial charge in [-0.25, -0.2) is 0 Å². The molecule has 0 bridgehead atoms. The number of hydrogen-bond acceptors (Lipinski definition) is 3. The molecule has 0 amide bonds. The number of halogens is 2. The monoisotopic (exact) mass is 320 g/mol. The van der Waals surface area contributed by atoms with Crippen LogP contribution in [0.5, 0.6) is 11.5 Å². The number of ketones is 1. The molecule has 106 valence electrons. The molecule has 0 unspecified atom stereocenters. The van der Waals surface area contributed by atoms with Gasteiger partial charge >= 0.3 is 0 Å². The van der Waals surface area contributed by atoms with Crippen molar-refractivity contribution in [2.45, 2.75) is 0 Å². The van der Waals surface area contributed by atoms with Crippen LogP contribution in [-0.4, -0.2) is 12.6 Å². The molecule has 0 fully saturated rings. The Bertz CT molecular complexity index is 738. The van der Waals surface area contributed by atoms with Crippen LogP contribution in [-0.2, 0) is 0 Å². The molecule has 1 aliphatic heterocycles. The van der Waals surface area contributed by atoms with E-state index in [-0.39, 0.29) is 12.6 Å². The SMILES string of the molecule is O=C(C=Cc1cccc(Cl)c1Cl)c1ccc2c(c1)OCO2. The summed E-state index contributed by atoms with van der Waals surface area (Å²) in [5.41, 5.74) is 1.21. The summed E-state index contributed by atoms with van der Waals surface area (Å²) >= 11 is 12.0. The molecule has 5 heteroatoms. The van der Waals surface area contributed by atoms with Crippen LogP contribution < -0.4 is 9.47 Å². The fourth-order valence-corrected chi connectivity index (χ4v) is 2.33. The second kappa shape index (κ2) is 5.80. The summed E-state index contributed by atoms with van der Waals surface area (Å²) in [6, 6.07) is 10.3. The van der Waals surface area contributed by atoms with E-state index < -0.39 is 0 Å². The summed E-state index contributed by atoms with van der Waals surface area (Å²) in [5, 5.41) is 0.878. The second-order valence-electron chi connectivity index (χ2n) is 4.41. The molecule has 0 spiro atoms. The van der Waals surface area contributed by atoms with Crippen molar-refractivity contribution in [3.05, 3.63) is 63.6 Å². The highest BCUT2D eigenvalue weighted by molar-refractivity contribution is 6.42. The molecule has 2 aromatic rings. The molecule has 0 saturated carbocycles. The number of benzene rings is 2. The van der Waals surface area contributed by atoms with Gasteiger partial charge in [0.25, 0.3) is 0 Å². The van der Waals surface area contributed by atoms with Crippen molar-refractivity contribution in [3.63, 3.8) is 0 Å². The molecule has 0 N–H and O–H groups in total. The molecule has 2 aromatic carbocycles. The summed E-state index contributed by atoms with van der Waals surface area (Å²) < 4.78 is 10.5. The van der Waals surface area contributed by atoms with Gasteiger partial charge in [-0.2, -0.15) is 0 Å². The van der Waals surface area contributed by atoms with Crippen molar-refractivity contribution in [3.8, 4) is 11.5 Å². The van der Waals surface area contributed by atoms with E-state index in [1.807, 2.05) is 0 Å². The van der Waals surface area contributed by atoms with E-state index in [4.69, 9.17) is 32.7 Å². The van der Waals surface area contributed by atoms with E-state index in [0.29, 0.717) is 32.7 Å². The van der Waals surface area contributed by atoms with Crippen LogP contribution in [0, 0.1) is 0 Å². The Morgan fingerprint density at radius 2 is 1.90 bits per heavy atom. The van der Waals surface area contributed by atoms with E-state index in [1.54, 1.807) is 42.5 Å². The van der Waals surface area contributed by atoms with Gasteiger partial charge in [-0.05, 0) is 42.0 Å². The number of allylic oxidation sites excluding steroid dienone is 1. The van der Waals surface area contributed by atoms with Crippen LogP contribution >= 0.6 is 23.2 Å². The Kier molecular flexibility index (Phi) is 3.86. The van der Waals surface area contributed by atoms with Crippen LogP contribution in [0.4, 0.5) is 0 Å². The molecule has 1 heterocycles. The van der Waals surface area contributed by atoms with Crippen molar-refractivity contribution >= 4 is 35.1 Å². The highest BCUT2D eigenvalue weighted by Gasteiger charge is 2.15. The predicted octanol–water partition coefficient (Wildman–Crippen LogP) is 4.62. The van der Waals surface area contributed by atoms with Crippen molar-refractivity contribution in [2.24, 2.45) is 0 Å². The zero-order valence-electron chi connectivity index (χ0n) is 10.8. The standard InChI is InChI=1S/C16H10Cl2O3/c17-12-3-1-2-10(16(12)18)4-6-13(19)11-5-7-14-15(8-11)21-9-20-14/h1-8H,9H2. The Morgan fingerprint density at radius 1 is 1.10 bits per heavy atom.